The number of amides is 2. The Kier molecular flexibility index (Phi) is 13.3. The van der Waals surface area contributed by atoms with E-state index in [-0.39, 0.29) is 0 Å². The number of alkyl halides is 24. The van der Waals surface area contributed by atoms with E-state index in [2.05, 4.69) is 0 Å². The van der Waals surface area contributed by atoms with E-state index >= 15 is 17.6 Å². The van der Waals surface area contributed by atoms with Crippen molar-refractivity contribution in [3.63, 3.8) is 0 Å². The van der Waals surface area contributed by atoms with Gasteiger partial charge in [0.1, 0.15) is 0 Å². The molecule has 1 rings (SSSR count). The Hall–Kier alpha value is -3.14. The summed E-state index contributed by atoms with van der Waals surface area (Å²) in [5, 5.41) is 19.9. The highest BCUT2D eigenvalue weighted by molar-refractivity contribution is 5.64. The van der Waals surface area contributed by atoms with Crippen LogP contribution in [0.5, 0.6) is 0 Å². The van der Waals surface area contributed by atoms with Crippen LogP contribution in [0.15, 0.2) is 0 Å². The van der Waals surface area contributed by atoms with E-state index in [1.807, 2.05) is 0 Å². The molecule has 6 nitrogen and oxygen atoms in total. The highest BCUT2D eigenvalue weighted by Crippen LogP contribution is 2.64. The predicted octanol–water partition coefficient (Wildman–Crippen LogP) is 9.59. The first-order chi connectivity index (χ1) is 23.6. The van der Waals surface area contributed by atoms with Gasteiger partial charge in [0.25, 0.3) is 0 Å². The van der Waals surface area contributed by atoms with Crippen molar-refractivity contribution in [1.29, 1.82) is 0 Å². The van der Waals surface area contributed by atoms with Gasteiger partial charge in [0.05, 0.1) is 0 Å². The largest absolute Gasteiger partial charge is 0.465 e. The highest BCUT2D eigenvalue weighted by Gasteiger charge is 2.89. The third-order valence-corrected chi connectivity index (χ3v) is 8.64. The lowest BCUT2D eigenvalue weighted by atomic mass is 9.56. The molecule has 0 aromatic heterocycles. The Morgan fingerprint density at radius 3 is 1.30 bits per heavy atom. The lowest BCUT2D eigenvalue weighted by Crippen LogP contribution is -2.70. The maximum Gasteiger partial charge on any atom is 0.404 e. The molecular formula is C24H22F24N2O4. The number of halogens is 24. The van der Waals surface area contributed by atoms with Crippen LogP contribution in [0.2, 0.25) is 0 Å². The summed E-state index contributed by atoms with van der Waals surface area (Å²) in [5.41, 5.74) is -4.03. The average Bonchev–Trinajstić information content (AvgIpc) is 2.98. The molecule has 0 radical (unpaired) electrons. The van der Waals surface area contributed by atoms with Gasteiger partial charge >= 0.3 is 84.3 Å². The summed E-state index contributed by atoms with van der Waals surface area (Å²) in [7, 11) is 0. The van der Waals surface area contributed by atoms with Gasteiger partial charge in [-0.05, 0) is 30.1 Å². The van der Waals surface area contributed by atoms with Crippen LogP contribution in [0.3, 0.4) is 0 Å². The normalized spacial score (nSPS) is 22.1. The van der Waals surface area contributed by atoms with Crippen molar-refractivity contribution in [3.05, 3.63) is 0 Å². The number of nitrogens with one attached hydrogen (secondary N) is 2. The average molecular weight is 858 g/mol. The summed E-state index contributed by atoms with van der Waals surface area (Å²) in [4.78, 5) is 22.1. The lowest BCUT2D eigenvalue weighted by molar-refractivity contribution is -0.418. The first-order valence-electron chi connectivity index (χ1n) is 13.9. The summed E-state index contributed by atoms with van der Waals surface area (Å²) < 4.78 is 335. The van der Waals surface area contributed by atoms with Gasteiger partial charge < -0.3 is 20.8 Å². The Balaban J connectivity index is 4.14. The minimum Gasteiger partial charge on any atom is -0.465 e. The van der Waals surface area contributed by atoms with E-state index in [1.165, 1.54) is 5.32 Å². The van der Waals surface area contributed by atoms with Crippen LogP contribution in [-0.4, -0.2) is 108 Å². The molecule has 0 heterocycles. The van der Waals surface area contributed by atoms with Gasteiger partial charge in [0.2, 0.25) is 0 Å². The van der Waals surface area contributed by atoms with Crippen LogP contribution in [0.25, 0.3) is 0 Å². The van der Waals surface area contributed by atoms with Crippen molar-refractivity contribution in [3.8, 4) is 0 Å². The molecule has 4 N–H and O–H groups in total. The second-order valence-corrected chi connectivity index (χ2v) is 12.0. The van der Waals surface area contributed by atoms with E-state index < -0.39 is 147 Å². The van der Waals surface area contributed by atoms with E-state index in [0.717, 1.165) is 5.32 Å². The zero-order chi connectivity index (χ0) is 43.3. The Bertz CT molecular complexity index is 1340. The summed E-state index contributed by atoms with van der Waals surface area (Å²) >= 11 is 0. The molecule has 0 aromatic carbocycles. The fourth-order valence-electron chi connectivity index (χ4n) is 5.71. The number of carbonyl (C=O) groups is 2. The van der Waals surface area contributed by atoms with Gasteiger partial charge in [-0.2, -0.15) is 87.8 Å². The summed E-state index contributed by atoms with van der Waals surface area (Å²) in [6.45, 7) is -3.92. The van der Waals surface area contributed by atoms with Crippen molar-refractivity contribution in [2.75, 3.05) is 13.1 Å². The first-order valence-corrected chi connectivity index (χ1v) is 13.9. The Morgan fingerprint density at radius 2 is 0.944 bits per heavy atom. The van der Waals surface area contributed by atoms with Gasteiger partial charge in [-0.1, -0.05) is 6.42 Å². The van der Waals surface area contributed by atoms with Gasteiger partial charge in [0.15, 0.2) is 0 Å². The number of hydrogen-bond donors (Lipinski definition) is 4. The number of hydrogen-bond acceptors (Lipinski definition) is 2. The van der Waals surface area contributed by atoms with Gasteiger partial charge in [-0.15, -0.1) is 0 Å². The van der Waals surface area contributed by atoms with E-state index in [4.69, 9.17) is 10.2 Å². The molecule has 0 spiro atoms. The van der Waals surface area contributed by atoms with Crippen LogP contribution < -0.4 is 10.6 Å². The minimum absolute atomic E-state index is 0.929. The van der Waals surface area contributed by atoms with Crippen molar-refractivity contribution in [2.24, 2.45) is 17.3 Å². The molecule has 54 heavy (non-hydrogen) atoms. The molecule has 0 aromatic rings. The van der Waals surface area contributed by atoms with Crippen molar-refractivity contribution < 1.29 is 125 Å². The fourth-order valence-corrected chi connectivity index (χ4v) is 5.71. The van der Waals surface area contributed by atoms with Gasteiger partial charge in [-0.3, -0.25) is 0 Å². The van der Waals surface area contributed by atoms with Crippen LogP contribution in [-0.2, 0) is 0 Å². The molecule has 1 saturated carbocycles. The predicted molar refractivity (Wildman–Crippen MR) is 126 cm³/mol. The molecule has 1 aliphatic carbocycles. The topological polar surface area (TPSA) is 98.7 Å². The summed E-state index contributed by atoms with van der Waals surface area (Å²) in [6.07, 6.45) is -28.0. The molecule has 1 fully saturated rings. The van der Waals surface area contributed by atoms with Crippen LogP contribution in [0.1, 0.15) is 32.1 Å². The van der Waals surface area contributed by atoms with Gasteiger partial charge in [-0.25, -0.2) is 27.2 Å². The molecule has 3 atom stereocenters. The maximum atomic E-state index is 15.2. The first kappa shape index (κ1) is 48.9. The second kappa shape index (κ2) is 14.7. The molecule has 1 aliphatic rings. The van der Waals surface area contributed by atoms with Crippen molar-refractivity contribution in [1.82, 2.24) is 10.6 Å². The third-order valence-electron chi connectivity index (χ3n) is 8.64. The zero-order valence-electron chi connectivity index (χ0n) is 25.5. The van der Waals surface area contributed by atoms with Crippen molar-refractivity contribution >= 4 is 12.2 Å². The summed E-state index contributed by atoms with van der Waals surface area (Å²) in [5.74, 6) is -84.9. The quantitative estimate of drug-likeness (QED) is 0.103. The summed E-state index contributed by atoms with van der Waals surface area (Å²) in [6, 6.07) is 0. The van der Waals surface area contributed by atoms with E-state index in [1.54, 1.807) is 0 Å². The molecule has 0 bridgehead atoms. The molecule has 0 saturated heterocycles. The minimum atomic E-state index is -8.33. The maximum absolute atomic E-state index is 15.2. The zero-order valence-corrected chi connectivity index (χ0v) is 25.5. The third kappa shape index (κ3) is 7.79. The molecule has 3 unspecified atom stereocenters. The molecule has 320 valence electrons. The monoisotopic (exact) mass is 858 g/mol. The standard InChI is InChI=1S/C24H22F24N2O4/c25-10(26)17(33,34)21(41,42)23(45,46)19(37,38)15(29,30)4-9-8(5-49-12(51)52)2-1-3-14(9,7-50-13(53)54)6-16(31,32)20(39,40)24(47,48)22(43,44)18(35,36)11(27)28/h8-11,49-50H,1-7H2,(H,51,52)(H,53,54). The van der Waals surface area contributed by atoms with Crippen molar-refractivity contribution in [2.45, 2.75) is 104 Å². The van der Waals surface area contributed by atoms with Crippen LogP contribution in [0.4, 0.5) is 115 Å². The van der Waals surface area contributed by atoms with E-state index in [0.29, 0.717) is 0 Å². The SMILES string of the molecule is O=C(O)NCC1CCCC(CNC(=O)O)(CC(F)(F)C(F)(F)C(F)(F)C(F)(F)C(F)(F)C(F)F)C1CC(F)(F)C(F)(F)C(F)(F)C(F)(F)C(F)(F)C(F)F. The molecule has 30 heteroatoms. The number of carboxylic acid groups (broad SMARTS) is 2. The number of rotatable bonds is 18. The fraction of sp³-hybridized carbons (Fsp3) is 0.917. The Morgan fingerprint density at radius 1 is 0.574 bits per heavy atom. The van der Waals surface area contributed by atoms with E-state index in [9.17, 15) is 97.4 Å². The molecular weight excluding hydrogens is 836 g/mol. The second-order valence-electron chi connectivity index (χ2n) is 12.0. The van der Waals surface area contributed by atoms with Crippen LogP contribution >= 0.6 is 0 Å². The highest BCUT2D eigenvalue weighted by atomic mass is 19.4. The van der Waals surface area contributed by atoms with Crippen LogP contribution in [0, 0.1) is 17.3 Å². The molecule has 2 amide bonds. The molecule has 0 aliphatic heterocycles. The lowest BCUT2D eigenvalue weighted by Gasteiger charge is -2.52. The Labute approximate surface area is 283 Å². The smallest absolute Gasteiger partial charge is 0.404 e. The van der Waals surface area contributed by atoms with Gasteiger partial charge in [0, 0.05) is 25.9 Å².